The number of nitrogens with one attached hydrogen (secondary N) is 7. The zero-order chi connectivity index (χ0) is 36.4. The maximum Gasteiger partial charge on any atom is 0.326 e. The maximum atomic E-state index is 12.6. The molecule has 0 aliphatic carbocycles. The zero-order valence-electron chi connectivity index (χ0n) is 28.1. The smallest absolute Gasteiger partial charge is 0.326 e. The van der Waals surface area contributed by atoms with Gasteiger partial charge in [0.05, 0.1) is 32.3 Å². The van der Waals surface area contributed by atoms with E-state index in [1.807, 2.05) is 13.8 Å². The van der Waals surface area contributed by atoms with Gasteiger partial charge in [-0.2, -0.15) is 0 Å². The van der Waals surface area contributed by atoms with Gasteiger partial charge in [-0.05, 0) is 37.5 Å². The highest BCUT2D eigenvalue weighted by Gasteiger charge is 2.28. The number of aliphatic hydroxyl groups excluding tert-OH is 1. The van der Waals surface area contributed by atoms with E-state index in [4.69, 9.17) is 5.73 Å². The molecule has 0 aliphatic rings. The molecule has 7 amide bonds. The number of carboxylic acid groups (broad SMARTS) is 1. The molecule has 0 heterocycles. The van der Waals surface area contributed by atoms with Gasteiger partial charge in [-0.25, -0.2) is 4.79 Å². The van der Waals surface area contributed by atoms with E-state index in [1.165, 1.54) is 6.92 Å². The molecule has 5 unspecified atom stereocenters. The van der Waals surface area contributed by atoms with Crippen LogP contribution in [0.1, 0.15) is 61.3 Å². The Kier molecular flexibility index (Phi) is 19.5. The predicted molar refractivity (Wildman–Crippen MR) is 169 cm³/mol. The monoisotopic (exact) mass is 672 g/mol. The first-order valence-corrected chi connectivity index (χ1v) is 15.4. The maximum absolute atomic E-state index is 12.6. The predicted octanol–water partition coefficient (Wildman–Crippen LogP) is -3.55. The SMILES string of the molecule is CC(C)CC(NC(=O)C(C)NC(=O)C(CO)NC(=O)CNC(=O)CNC(=O)CNC(=O)C(CC(C)C)NC(=O)C(N)C(C)C)C(=O)O. The minimum Gasteiger partial charge on any atom is -0.480 e. The largest absolute Gasteiger partial charge is 0.480 e. The quantitative estimate of drug-likeness (QED) is 0.0569. The second-order valence-corrected chi connectivity index (χ2v) is 12.3. The van der Waals surface area contributed by atoms with Crippen molar-refractivity contribution in [3.63, 3.8) is 0 Å². The third-order valence-corrected chi connectivity index (χ3v) is 6.58. The third-order valence-electron chi connectivity index (χ3n) is 6.58. The van der Waals surface area contributed by atoms with E-state index in [-0.39, 0.29) is 24.2 Å². The number of hydrogen-bond donors (Lipinski definition) is 10. The van der Waals surface area contributed by atoms with Gasteiger partial charge in [0.2, 0.25) is 41.4 Å². The highest BCUT2D eigenvalue weighted by molar-refractivity contribution is 5.95. The third kappa shape index (κ3) is 17.8. The summed E-state index contributed by atoms with van der Waals surface area (Å²) in [5.74, 6) is -6.56. The number of rotatable bonds is 21. The summed E-state index contributed by atoms with van der Waals surface area (Å²) in [7, 11) is 0. The molecule has 0 fully saturated rings. The van der Waals surface area contributed by atoms with Crippen molar-refractivity contribution >= 4 is 47.3 Å². The molecular weight excluding hydrogens is 620 g/mol. The Bertz CT molecular complexity index is 1110. The first-order valence-electron chi connectivity index (χ1n) is 15.4. The number of carbonyl (C=O) groups is 8. The van der Waals surface area contributed by atoms with Gasteiger partial charge in [0.1, 0.15) is 24.2 Å². The lowest BCUT2D eigenvalue weighted by Crippen LogP contribution is -2.56. The molecule has 0 aromatic heterocycles. The number of nitrogens with two attached hydrogens (primary N) is 1. The molecule has 47 heavy (non-hydrogen) atoms. The minimum absolute atomic E-state index is 0.0242. The van der Waals surface area contributed by atoms with Gasteiger partial charge in [-0.1, -0.05) is 41.5 Å². The standard InChI is InChI=1S/C29H52N8O10/c1-14(2)8-18(36-28(45)24(30)16(5)6)26(43)33-11-22(40)31-10-21(39)32-12-23(41)35-20(13-38)27(44)34-17(7)25(42)37-19(29(46)47)9-15(3)4/h14-20,24,38H,8-13,30H2,1-7H3,(H,31,40)(H,32,39)(H,33,43)(H,34,44)(H,35,41)(H,36,45)(H,37,42)(H,46,47). The van der Waals surface area contributed by atoms with Crippen molar-refractivity contribution in [3.8, 4) is 0 Å². The lowest BCUT2D eigenvalue weighted by molar-refractivity contribution is -0.142. The number of aliphatic carboxylic acids is 1. The Morgan fingerprint density at radius 2 is 1.02 bits per heavy atom. The van der Waals surface area contributed by atoms with Crippen molar-refractivity contribution in [3.05, 3.63) is 0 Å². The van der Waals surface area contributed by atoms with Crippen LogP contribution in [0, 0.1) is 17.8 Å². The van der Waals surface area contributed by atoms with Crippen LogP contribution in [-0.4, -0.2) is 114 Å². The summed E-state index contributed by atoms with van der Waals surface area (Å²) in [5, 5.41) is 35.1. The van der Waals surface area contributed by atoms with Crippen molar-refractivity contribution in [2.75, 3.05) is 26.2 Å². The van der Waals surface area contributed by atoms with Gasteiger partial charge in [-0.3, -0.25) is 33.6 Å². The Morgan fingerprint density at radius 1 is 0.553 bits per heavy atom. The Hall–Kier alpha value is -4.32. The summed E-state index contributed by atoms with van der Waals surface area (Å²) >= 11 is 0. The van der Waals surface area contributed by atoms with Gasteiger partial charge in [-0.15, -0.1) is 0 Å². The molecule has 0 spiro atoms. The molecule has 11 N–H and O–H groups in total. The molecule has 0 saturated heterocycles. The fraction of sp³-hybridized carbons (Fsp3) is 0.724. The van der Waals surface area contributed by atoms with E-state index in [0.717, 1.165) is 0 Å². The van der Waals surface area contributed by atoms with Crippen LogP contribution in [0.2, 0.25) is 0 Å². The molecule has 18 heteroatoms. The van der Waals surface area contributed by atoms with Crippen LogP contribution in [0.5, 0.6) is 0 Å². The number of aliphatic hydroxyl groups is 1. The van der Waals surface area contributed by atoms with Crippen LogP contribution >= 0.6 is 0 Å². The van der Waals surface area contributed by atoms with Crippen LogP contribution in [0.25, 0.3) is 0 Å². The van der Waals surface area contributed by atoms with E-state index >= 15 is 0 Å². The lowest BCUT2D eigenvalue weighted by Gasteiger charge is -2.23. The van der Waals surface area contributed by atoms with Gasteiger partial charge >= 0.3 is 5.97 Å². The molecule has 0 aromatic carbocycles. The topological polar surface area (TPSA) is 287 Å². The Morgan fingerprint density at radius 3 is 1.49 bits per heavy atom. The van der Waals surface area contributed by atoms with Crippen molar-refractivity contribution < 1.29 is 48.6 Å². The van der Waals surface area contributed by atoms with Crippen molar-refractivity contribution in [1.82, 2.24) is 37.2 Å². The van der Waals surface area contributed by atoms with E-state index in [0.29, 0.717) is 6.42 Å². The van der Waals surface area contributed by atoms with Crippen LogP contribution < -0.4 is 43.0 Å². The minimum atomic E-state index is -1.49. The van der Waals surface area contributed by atoms with E-state index in [9.17, 15) is 48.6 Å². The molecule has 0 aromatic rings. The Balaban J connectivity index is 4.73. The average molecular weight is 673 g/mol. The van der Waals surface area contributed by atoms with E-state index in [2.05, 4.69) is 37.2 Å². The summed E-state index contributed by atoms with van der Waals surface area (Å²) in [6.45, 7) is 9.57. The molecular formula is C29H52N8O10. The summed E-state index contributed by atoms with van der Waals surface area (Å²) < 4.78 is 0. The molecule has 0 aliphatic heterocycles. The van der Waals surface area contributed by atoms with Gasteiger partial charge in [0, 0.05) is 0 Å². The summed E-state index contributed by atoms with van der Waals surface area (Å²) in [6, 6.07) is -5.60. The van der Waals surface area contributed by atoms with Crippen LogP contribution in [0.4, 0.5) is 0 Å². The van der Waals surface area contributed by atoms with Crippen LogP contribution in [-0.2, 0) is 38.4 Å². The van der Waals surface area contributed by atoms with Crippen molar-refractivity contribution in [2.45, 2.75) is 91.5 Å². The Labute approximate surface area is 274 Å². The normalized spacial score (nSPS) is 14.2. The first kappa shape index (κ1) is 42.7. The van der Waals surface area contributed by atoms with Crippen LogP contribution in [0.3, 0.4) is 0 Å². The molecule has 18 nitrogen and oxygen atoms in total. The number of amides is 7. The molecule has 5 atom stereocenters. The van der Waals surface area contributed by atoms with Gasteiger partial charge < -0.3 is 53.2 Å². The molecule has 0 rings (SSSR count). The second kappa shape index (κ2) is 21.5. The average Bonchev–Trinajstić information content (AvgIpc) is 2.98. The number of hydrogen-bond acceptors (Lipinski definition) is 10. The zero-order valence-corrected chi connectivity index (χ0v) is 28.1. The van der Waals surface area contributed by atoms with E-state index in [1.54, 1.807) is 27.7 Å². The molecule has 268 valence electrons. The van der Waals surface area contributed by atoms with Crippen LogP contribution in [0.15, 0.2) is 0 Å². The van der Waals surface area contributed by atoms with Crippen molar-refractivity contribution in [1.29, 1.82) is 0 Å². The highest BCUT2D eigenvalue weighted by Crippen LogP contribution is 2.07. The van der Waals surface area contributed by atoms with E-state index < -0.39 is 104 Å². The summed E-state index contributed by atoms with van der Waals surface area (Å²) in [5.41, 5.74) is 5.85. The number of carboxylic acids is 1. The second-order valence-electron chi connectivity index (χ2n) is 12.3. The van der Waals surface area contributed by atoms with Crippen molar-refractivity contribution in [2.24, 2.45) is 23.5 Å². The fourth-order valence-corrected chi connectivity index (χ4v) is 3.86. The number of carbonyl (C=O) groups excluding carboxylic acids is 7. The lowest BCUT2D eigenvalue weighted by atomic mass is 10.0. The fourth-order valence-electron chi connectivity index (χ4n) is 3.86. The highest BCUT2D eigenvalue weighted by atomic mass is 16.4. The molecule has 0 bridgehead atoms. The van der Waals surface area contributed by atoms with Gasteiger partial charge in [0.15, 0.2) is 0 Å². The molecule has 0 saturated carbocycles. The summed E-state index contributed by atoms with van der Waals surface area (Å²) in [4.78, 5) is 97.7. The van der Waals surface area contributed by atoms with Gasteiger partial charge in [0.25, 0.3) is 0 Å². The molecule has 0 radical (unpaired) electrons. The first-order chi connectivity index (χ1) is 21.8. The summed E-state index contributed by atoms with van der Waals surface area (Å²) in [6.07, 6.45) is 0.463.